The number of rotatable bonds is 3. The second-order valence-electron chi connectivity index (χ2n) is 4.86. The highest BCUT2D eigenvalue weighted by Gasteiger charge is 2.21. The van der Waals surface area contributed by atoms with Gasteiger partial charge in [0.15, 0.2) is 5.78 Å². The monoisotopic (exact) mass is 238 g/mol. The minimum atomic E-state index is -0.605. The molecule has 0 amide bonds. The third-order valence-electron chi connectivity index (χ3n) is 3.50. The van der Waals surface area contributed by atoms with Gasteiger partial charge in [-0.3, -0.25) is 4.79 Å². The Labute approximate surface area is 99.8 Å². The summed E-state index contributed by atoms with van der Waals surface area (Å²) in [6.07, 6.45) is 4.69. The molecule has 0 spiro atoms. The van der Waals surface area contributed by atoms with Gasteiger partial charge >= 0.3 is 0 Å². The molecule has 0 radical (unpaired) electrons. The topological polar surface area (TPSA) is 17.1 Å². The molecule has 0 atom stereocenters. The van der Waals surface area contributed by atoms with Gasteiger partial charge in [-0.25, -0.2) is 8.78 Å². The SMILES string of the molecule is Cc1cc(F)c(C(=O)CC2CCCC2)cc1F. The molecule has 1 aliphatic carbocycles. The summed E-state index contributed by atoms with van der Waals surface area (Å²) in [5.74, 6) is -1.03. The molecule has 17 heavy (non-hydrogen) atoms. The van der Waals surface area contributed by atoms with E-state index in [2.05, 4.69) is 0 Å². The van der Waals surface area contributed by atoms with E-state index in [9.17, 15) is 13.6 Å². The van der Waals surface area contributed by atoms with Gasteiger partial charge in [0.1, 0.15) is 11.6 Å². The summed E-state index contributed by atoms with van der Waals surface area (Å²) in [4.78, 5) is 11.9. The maximum Gasteiger partial charge on any atom is 0.166 e. The maximum atomic E-state index is 13.6. The van der Waals surface area contributed by atoms with Gasteiger partial charge in [0, 0.05) is 6.42 Å². The molecule has 0 aromatic heterocycles. The van der Waals surface area contributed by atoms with E-state index in [1.165, 1.54) is 6.92 Å². The van der Waals surface area contributed by atoms with Crippen molar-refractivity contribution in [1.29, 1.82) is 0 Å². The largest absolute Gasteiger partial charge is 0.294 e. The van der Waals surface area contributed by atoms with Gasteiger partial charge in [-0.15, -0.1) is 0 Å². The zero-order valence-corrected chi connectivity index (χ0v) is 9.93. The van der Waals surface area contributed by atoms with E-state index in [0.29, 0.717) is 12.3 Å². The van der Waals surface area contributed by atoms with Crippen LogP contribution in [0.3, 0.4) is 0 Å². The van der Waals surface area contributed by atoms with Crippen LogP contribution < -0.4 is 0 Å². The molecular weight excluding hydrogens is 222 g/mol. The summed E-state index contributed by atoms with van der Waals surface area (Å²) >= 11 is 0. The fourth-order valence-corrected chi connectivity index (χ4v) is 2.45. The first-order valence-corrected chi connectivity index (χ1v) is 6.07. The average Bonchev–Trinajstić information content (AvgIpc) is 2.76. The molecular formula is C14H16F2O. The molecule has 0 saturated heterocycles. The molecule has 1 aliphatic rings. The van der Waals surface area contributed by atoms with Crippen molar-refractivity contribution in [3.63, 3.8) is 0 Å². The highest BCUT2D eigenvalue weighted by atomic mass is 19.1. The maximum absolute atomic E-state index is 13.6. The third kappa shape index (κ3) is 2.71. The van der Waals surface area contributed by atoms with Crippen molar-refractivity contribution in [2.45, 2.75) is 39.0 Å². The molecule has 0 N–H and O–H groups in total. The molecule has 1 saturated carbocycles. The minimum absolute atomic E-state index is 0.0972. The number of hydrogen-bond donors (Lipinski definition) is 0. The van der Waals surface area contributed by atoms with E-state index >= 15 is 0 Å². The zero-order valence-electron chi connectivity index (χ0n) is 9.93. The molecule has 0 heterocycles. The number of ketones is 1. The summed E-state index contributed by atoms with van der Waals surface area (Å²) in [5, 5.41) is 0. The minimum Gasteiger partial charge on any atom is -0.294 e. The molecule has 0 aliphatic heterocycles. The van der Waals surface area contributed by atoms with Gasteiger partial charge in [0.05, 0.1) is 5.56 Å². The molecule has 92 valence electrons. The molecule has 1 aromatic carbocycles. The molecule has 1 aromatic rings. The van der Waals surface area contributed by atoms with Crippen LogP contribution in [-0.2, 0) is 0 Å². The van der Waals surface area contributed by atoms with Gasteiger partial charge in [-0.2, -0.15) is 0 Å². The number of Topliss-reactive ketones (excluding diaryl/α,β-unsaturated/α-hetero) is 1. The van der Waals surface area contributed by atoms with Crippen molar-refractivity contribution in [3.05, 3.63) is 34.9 Å². The Kier molecular flexibility index (Phi) is 3.55. The first kappa shape index (κ1) is 12.2. The predicted molar refractivity (Wildman–Crippen MR) is 62.0 cm³/mol. The fraction of sp³-hybridized carbons (Fsp3) is 0.500. The van der Waals surface area contributed by atoms with Crippen LogP contribution in [0.5, 0.6) is 0 Å². The Balaban J connectivity index is 2.15. The summed E-state index contributed by atoms with van der Waals surface area (Å²) in [5.41, 5.74) is 0.139. The van der Waals surface area contributed by atoms with E-state index in [1.807, 2.05) is 0 Å². The highest BCUT2D eigenvalue weighted by molar-refractivity contribution is 5.96. The van der Waals surface area contributed by atoms with Crippen LogP contribution in [0.1, 0.15) is 48.0 Å². The van der Waals surface area contributed by atoms with E-state index in [4.69, 9.17) is 0 Å². The number of benzene rings is 1. The lowest BCUT2D eigenvalue weighted by atomic mass is 9.96. The van der Waals surface area contributed by atoms with Gasteiger partial charge in [-0.1, -0.05) is 25.7 Å². The number of aryl methyl sites for hydroxylation is 1. The predicted octanol–water partition coefficient (Wildman–Crippen LogP) is 4.04. The molecule has 3 heteroatoms. The highest BCUT2D eigenvalue weighted by Crippen LogP contribution is 2.29. The number of halogens is 2. The summed E-state index contributed by atoms with van der Waals surface area (Å²) in [6, 6.07) is 2.12. The van der Waals surface area contributed by atoms with Gasteiger partial charge in [0.2, 0.25) is 0 Å². The number of carbonyl (C=O) groups is 1. The Morgan fingerprint density at radius 3 is 2.53 bits per heavy atom. The van der Waals surface area contributed by atoms with Crippen molar-refractivity contribution in [1.82, 2.24) is 0 Å². The van der Waals surface area contributed by atoms with Crippen LogP contribution in [0.25, 0.3) is 0 Å². The Bertz CT molecular complexity index is 434. The third-order valence-corrected chi connectivity index (χ3v) is 3.50. The van der Waals surface area contributed by atoms with Crippen LogP contribution >= 0.6 is 0 Å². The second kappa shape index (κ2) is 4.94. The number of hydrogen-bond acceptors (Lipinski definition) is 1. The van der Waals surface area contributed by atoms with Crippen molar-refractivity contribution >= 4 is 5.78 Å². The zero-order chi connectivity index (χ0) is 12.4. The standard InChI is InChI=1S/C14H16F2O/c1-9-6-13(16)11(8-12(9)15)14(17)7-10-4-2-3-5-10/h6,8,10H,2-5,7H2,1H3. The summed E-state index contributed by atoms with van der Waals surface area (Å²) in [6.45, 7) is 1.49. The second-order valence-corrected chi connectivity index (χ2v) is 4.86. The lowest BCUT2D eigenvalue weighted by molar-refractivity contribution is 0.0957. The first-order valence-electron chi connectivity index (χ1n) is 6.07. The quantitative estimate of drug-likeness (QED) is 0.726. The van der Waals surface area contributed by atoms with Crippen molar-refractivity contribution in [2.75, 3.05) is 0 Å². The molecule has 2 rings (SSSR count). The van der Waals surface area contributed by atoms with Crippen molar-refractivity contribution < 1.29 is 13.6 Å². The van der Waals surface area contributed by atoms with Crippen LogP contribution in [0, 0.1) is 24.5 Å². The smallest absolute Gasteiger partial charge is 0.166 e. The molecule has 0 bridgehead atoms. The van der Waals surface area contributed by atoms with Crippen molar-refractivity contribution in [2.24, 2.45) is 5.92 Å². The average molecular weight is 238 g/mol. The van der Waals surface area contributed by atoms with Crippen LogP contribution in [-0.4, -0.2) is 5.78 Å². The first-order chi connectivity index (χ1) is 8.08. The van der Waals surface area contributed by atoms with Gasteiger partial charge in [-0.05, 0) is 30.5 Å². The van der Waals surface area contributed by atoms with Gasteiger partial charge in [0.25, 0.3) is 0 Å². The summed E-state index contributed by atoms with van der Waals surface area (Å²) < 4.78 is 26.9. The van der Waals surface area contributed by atoms with Crippen LogP contribution in [0.2, 0.25) is 0 Å². The van der Waals surface area contributed by atoms with Crippen LogP contribution in [0.15, 0.2) is 12.1 Å². The molecule has 1 nitrogen and oxygen atoms in total. The van der Waals surface area contributed by atoms with Crippen molar-refractivity contribution in [3.8, 4) is 0 Å². The van der Waals surface area contributed by atoms with Gasteiger partial charge < -0.3 is 0 Å². The molecule has 1 fully saturated rings. The lowest BCUT2D eigenvalue weighted by Crippen LogP contribution is -2.09. The fourth-order valence-electron chi connectivity index (χ4n) is 2.45. The Hall–Kier alpha value is -1.25. The lowest BCUT2D eigenvalue weighted by Gasteiger charge is -2.09. The molecule has 0 unspecified atom stereocenters. The van der Waals surface area contributed by atoms with Crippen LogP contribution in [0.4, 0.5) is 8.78 Å². The Morgan fingerprint density at radius 1 is 1.24 bits per heavy atom. The normalized spacial score (nSPS) is 16.4. The Morgan fingerprint density at radius 2 is 1.88 bits per heavy atom. The summed E-state index contributed by atoms with van der Waals surface area (Å²) in [7, 11) is 0. The van der Waals surface area contributed by atoms with E-state index in [0.717, 1.165) is 37.8 Å². The van der Waals surface area contributed by atoms with E-state index < -0.39 is 11.6 Å². The number of carbonyl (C=O) groups excluding carboxylic acids is 1. The van der Waals surface area contributed by atoms with E-state index in [-0.39, 0.29) is 16.9 Å². The van der Waals surface area contributed by atoms with E-state index in [1.54, 1.807) is 0 Å².